The Hall–Kier alpha value is -8.70. The van der Waals surface area contributed by atoms with Crippen LogP contribution in [0.3, 0.4) is 0 Å². The van der Waals surface area contributed by atoms with Gasteiger partial charge in [-0.15, -0.1) is 0 Å². The zero-order valence-electron chi connectivity index (χ0n) is 37.1. The van der Waals surface area contributed by atoms with E-state index in [1.807, 2.05) is 0 Å². The van der Waals surface area contributed by atoms with E-state index in [-0.39, 0.29) is 0 Å². The lowest BCUT2D eigenvalue weighted by atomic mass is 9.99. The third-order valence-electron chi connectivity index (χ3n) is 14.5. The number of nitrogens with zero attached hydrogens (tertiary/aromatic N) is 2. The van der Waals surface area contributed by atoms with Crippen molar-refractivity contribution < 1.29 is 4.74 Å². The van der Waals surface area contributed by atoms with Gasteiger partial charge in [0.25, 0.3) is 0 Å². The second-order valence-electron chi connectivity index (χ2n) is 17.9. The van der Waals surface area contributed by atoms with Crippen LogP contribution in [0.2, 0.25) is 0 Å². The number of fused-ring (bicyclic) bond motifs is 9. The van der Waals surface area contributed by atoms with Crippen molar-refractivity contribution in [3.05, 3.63) is 255 Å². The number of hydrogen-bond acceptors (Lipinski definition) is 1. The van der Waals surface area contributed by atoms with Crippen LogP contribution >= 0.6 is 0 Å². The van der Waals surface area contributed by atoms with E-state index in [1.165, 1.54) is 97.5 Å². The average molecular weight is 883 g/mol. The molecule has 0 saturated heterocycles. The molecule has 14 rings (SSSR count). The van der Waals surface area contributed by atoms with Crippen molar-refractivity contribution in [3.8, 4) is 45.1 Å². The first-order valence-electron chi connectivity index (χ1n) is 23.4. The summed E-state index contributed by atoms with van der Waals surface area (Å²) in [7, 11) is -3.18. The Morgan fingerprint density at radius 2 is 0.838 bits per heavy atom. The number of aromatic nitrogens is 2. The normalized spacial score (nSPS) is 14.4. The van der Waals surface area contributed by atoms with Gasteiger partial charge in [-0.2, -0.15) is 0 Å². The third kappa shape index (κ3) is 5.59. The van der Waals surface area contributed by atoms with E-state index in [9.17, 15) is 0 Å². The average Bonchev–Trinajstić information content (AvgIpc) is 3.93. The fourth-order valence-corrected chi connectivity index (χ4v) is 16.7. The minimum absolute atomic E-state index is 0.902. The predicted octanol–water partition coefficient (Wildman–Crippen LogP) is 13.9. The summed E-state index contributed by atoms with van der Waals surface area (Å²) in [5, 5.41) is 12.6. The van der Waals surface area contributed by atoms with Gasteiger partial charge in [0.05, 0.1) is 27.8 Å². The van der Waals surface area contributed by atoms with E-state index >= 15 is 0 Å². The van der Waals surface area contributed by atoms with E-state index in [2.05, 4.69) is 264 Å². The van der Waals surface area contributed by atoms with Crippen LogP contribution in [0.25, 0.3) is 88.0 Å². The predicted molar refractivity (Wildman–Crippen MR) is 287 cm³/mol. The van der Waals surface area contributed by atoms with E-state index in [4.69, 9.17) is 4.74 Å². The van der Waals surface area contributed by atoms with Crippen molar-refractivity contribution in [1.29, 1.82) is 0 Å². The second kappa shape index (κ2) is 15.2. The summed E-state index contributed by atoms with van der Waals surface area (Å²) in [5.41, 5.74) is 11.8. The minimum Gasteiger partial charge on any atom is -0.458 e. The molecule has 318 valence electrons. The van der Waals surface area contributed by atoms with Gasteiger partial charge in [0.15, 0.2) is 8.07 Å². The molecule has 0 saturated carbocycles. The van der Waals surface area contributed by atoms with Crippen molar-refractivity contribution in [2.45, 2.75) is 0 Å². The molecule has 3 heterocycles. The molecular formula is C64H42N2OSi. The molecule has 0 N–H and O–H groups in total. The highest BCUT2D eigenvalue weighted by molar-refractivity contribution is 7.21. The summed E-state index contributed by atoms with van der Waals surface area (Å²) in [4.78, 5) is 0. The van der Waals surface area contributed by atoms with E-state index in [0.29, 0.717) is 0 Å². The molecular weight excluding hydrogens is 841 g/mol. The van der Waals surface area contributed by atoms with Gasteiger partial charge in [-0.25, -0.2) is 0 Å². The summed E-state index contributed by atoms with van der Waals surface area (Å²) in [6.07, 6.45) is 0. The van der Waals surface area contributed by atoms with Crippen LogP contribution in [0, 0.1) is 0 Å². The van der Waals surface area contributed by atoms with Crippen LogP contribution in [-0.4, -0.2) is 17.2 Å². The second-order valence-corrected chi connectivity index (χ2v) is 21.6. The molecule has 13 aromatic rings. The highest BCUT2D eigenvalue weighted by Gasteiger charge is 2.49. The van der Waals surface area contributed by atoms with Crippen LogP contribution in [0.5, 0.6) is 11.5 Å². The molecule has 0 fully saturated rings. The number of rotatable bonds is 6. The maximum Gasteiger partial charge on any atom is 0.188 e. The zero-order chi connectivity index (χ0) is 44.8. The molecule has 2 aromatic heterocycles. The van der Waals surface area contributed by atoms with E-state index in [0.717, 1.165) is 22.7 Å². The van der Waals surface area contributed by atoms with Crippen LogP contribution in [0.4, 0.5) is 0 Å². The molecule has 0 bridgehead atoms. The van der Waals surface area contributed by atoms with Gasteiger partial charge < -0.3 is 13.9 Å². The van der Waals surface area contributed by atoms with Gasteiger partial charge in [0.1, 0.15) is 11.5 Å². The smallest absolute Gasteiger partial charge is 0.188 e. The zero-order valence-corrected chi connectivity index (χ0v) is 38.1. The fourth-order valence-electron chi connectivity index (χ4n) is 11.6. The molecule has 1 atom stereocenters. The van der Waals surface area contributed by atoms with Crippen LogP contribution in [0.15, 0.2) is 255 Å². The first kappa shape index (κ1) is 38.6. The third-order valence-corrected chi connectivity index (χ3v) is 19.4. The quantitative estimate of drug-likeness (QED) is 0.152. The van der Waals surface area contributed by atoms with Crippen molar-refractivity contribution in [3.63, 3.8) is 0 Å². The first-order valence-corrected chi connectivity index (χ1v) is 25.4. The summed E-state index contributed by atoms with van der Waals surface area (Å²) >= 11 is 0. The molecule has 68 heavy (non-hydrogen) atoms. The van der Waals surface area contributed by atoms with Crippen LogP contribution < -0.4 is 25.5 Å². The monoisotopic (exact) mass is 882 g/mol. The Balaban J connectivity index is 1.05. The van der Waals surface area contributed by atoms with Crippen LogP contribution in [0.1, 0.15) is 0 Å². The molecule has 0 amide bonds. The van der Waals surface area contributed by atoms with Crippen LogP contribution in [-0.2, 0) is 0 Å². The highest BCUT2D eigenvalue weighted by Crippen LogP contribution is 2.41. The van der Waals surface area contributed by atoms with Gasteiger partial charge >= 0.3 is 0 Å². The summed E-state index contributed by atoms with van der Waals surface area (Å²) in [6, 6.07) is 93.8. The SMILES string of the molecule is c1ccc(-c2ccc([Si]3(c4ccc(-n5c6ccccc6c6ccccc65)c5ccccc45)c4ccccc4Oc4cc(-c5cccc6c5c5ccccc5n6-c5ccccc5)ccc43)cc2)cc1. The van der Waals surface area contributed by atoms with E-state index < -0.39 is 8.07 Å². The largest absolute Gasteiger partial charge is 0.458 e. The molecule has 3 nitrogen and oxygen atoms in total. The first-order chi connectivity index (χ1) is 33.8. The summed E-state index contributed by atoms with van der Waals surface area (Å²) < 4.78 is 12.1. The van der Waals surface area contributed by atoms with E-state index in [1.54, 1.807) is 0 Å². The fraction of sp³-hybridized carbons (Fsp3) is 0. The van der Waals surface area contributed by atoms with Gasteiger partial charge in [0.2, 0.25) is 0 Å². The molecule has 0 aliphatic carbocycles. The standard InChI is InChI=1S/C64H42N2OSi/c1-3-18-43(19-4-1)44-34-37-47(38-35-44)68(61-41-39-57(51-24-7-8-25-52(51)61)66-54-28-12-9-22-49(54)50-23-10-13-29-55(50)66)62-33-16-15-32-59(62)67-60-42-45(36-40-63(60)68)48-27-17-31-58-64(48)53-26-11-14-30-56(53)65(58)46-20-5-2-6-21-46/h1-42H. The molecule has 11 aromatic carbocycles. The lowest BCUT2D eigenvalue weighted by Crippen LogP contribution is -2.76. The summed E-state index contributed by atoms with van der Waals surface area (Å²) in [6.45, 7) is 0. The molecule has 0 spiro atoms. The van der Waals surface area contributed by atoms with Gasteiger partial charge in [-0.3, -0.25) is 0 Å². The highest BCUT2D eigenvalue weighted by atomic mass is 28.3. The molecule has 1 aliphatic heterocycles. The number of para-hydroxylation sites is 5. The lowest BCUT2D eigenvalue weighted by Gasteiger charge is -2.40. The molecule has 1 aliphatic rings. The number of hydrogen-bond donors (Lipinski definition) is 0. The minimum atomic E-state index is -3.18. The molecule has 1 unspecified atom stereocenters. The van der Waals surface area contributed by atoms with Crippen molar-refractivity contribution >= 4 is 83.2 Å². The van der Waals surface area contributed by atoms with Gasteiger partial charge in [0, 0.05) is 32.6 Å². The van der Waals surface area contributed by atoms with Gasteiger partial charge in [-0.1, -0.05) is 200 Å². The Morgan fingerprint density at radius 1 is 0.309 bits per heavy atom. The Labute approximate surface area is 395 Å². The summed E-state index contributed by atoms with van der Waals surface area (Å²) in [5.74, 6) is 1.81. The molecule has 0 radical (unpaired) electrons. The Morgan fingerprint density at radius 3 is 1.57 bits per heavy atom. The Bertz CT molecular complexity index is 4060. The van der Waals surface area contributed by atoms with Crippen molar-refractivity contribution in [2.75, 3.05) is 0 Å². The van der Waals surface area contributed by atoms with Gasteiger partial charge in [-0.05, 0) is 103 Å². The van der Waals surface area contributed by atoms with Crippen molar-refractivity contribution in [1.82, 2.24) is 9.13 Å². The molecule has 4 heteroatoms. The Kier molecular flexibility index (Phi) is 8.60. The number of benzene rings is 11. The number of ether oxygens (including phenoxy) is 1. The topological polar surface area (TPSA) is 19.1 Å². The van der Waals surface area contributed by atoms with Crippen molar-refractivity contribution in [2.24, 2.45) is 0 Å². The maximum absolute atomic E-state index is 7.22. The lowest BCUT2D eigenvalue weighted by molar-refractivity contribution is 0.487. The maximum atomic E-state index is 7.22.